The van der Waals surface area contributed by atoms with Crippen LogP contribution in [0.15, 0.2) is 47.9 Å². The van der Waals surface area contributed by atoms with Gasteiger partial charge < -0.3 is 9.47 Å². The van der Waals surface area contributed by atoms with Crippen LogP contribution >= 0.6 is 0 Å². The number of piperidine rings is 1. The second-order valence-electron chi connectivity index (χ2n) is 8.29. The van der Waals surface area contributed by atoms with Crippen molar-refractivity contribution in [2.45, 2.75) is 18.8 Å². The van der Waals surface area contributed by atoms with E-state index in [0.29, 0.717) is 17.0 Å². The zero-order chi connectivity index (χ0) is 22.9. The van der Waals surface area contributed by atoms with Gasteiger partial charge in [-0.1, -0.05) is 12.1 Å². The number of anilines is 1. The second kappa shape index (κ2) is 8.35. The number of aromatic amines is 1. The Morgan fingerprint density at radius 2 is 1.91 bits per heavy atom. The van der Waals surface area contributed by atoms with E-state index in [1.165, 1.54) is 6.07 Å². The summed E-state index contributed by atoms with van der Waals surface area (Å²) >= 11 is 0. The third-order valence-electron chi connectivity index (χ3n) is 6.20. The number of benzene rings is 1. The summed E-state index contributed by atoms with van der Waals surface area (Å²) in [6, 6.07) is 7.83. The minimum Gasteiger partial charge on any atom is -0.370 e. The maximum Gasteiger partial charge on any atom is 0.264 e. The molecular formula is C23H23N9O. The van der Waals surface area contributed by atoms with Crippen molar-refractivity contribution in [2.24, 2.45) is 14.1 Å². The van der Waals surface area contributed by atoms with Crippen LogP contribution in [-0.2, 0) is 14.1 Å². The molecule has 10 heteroatoms. The average molecular weight is 441 g/mol. The van der Waals surface area contributed by atoms with Crippen molar-refractivity contribution in [3.63, 3.8) is 0 Å². The molecule has 0 amide bonds. The van der Waals surface area contributed by atoms with Gasteiger partial charge in [0.15, 0.2) is 0 Å². The molecule has 1 aromatic carbocycles. The van der Waals surface area contributed by atoms with E-state index in [2.05, 4.69) is 36.5 Å². The van der Waals surface area contributed by atoms with E-state index in [4.69, 9.17) is 0 Å². The third kappa shape index (κ3) is 3.78. The fourth-order valence-corrected chi connectivity index (χ4v) is 4.61. The molecule has 166 valence electrons. The molecule has 0 bridgehead atoms. The average Bonchev–Trinajstić information content (AvgIpc) is 3.46. The molecule has 4 aromatic rings. The molecule has 10 nitrogen and oxygen atoms in total. The SMILES string of the molecule is Cn1cc(-c2ccc(-c3cn[nH]c(=O)c3)c(N3CCC(c4nncn4C)CC3)c2C#N)cn1. The van der Waals surface area contributed by atoms with Crippen LogP contribution < -0.4 is 10.5 Å². The highest BCUT2D eigenvalue weighted by molar-refractivity contribution is 5.89. The molecule has 1 aliphatic rings. The van der Waals surface area contributed by atoms with Crippen LogP contribution in [0.3, 0.4) is 0 Å². The number of hydrogen-bond acceptors (Lipinski definition) is 7. The molecule has 5 rings (SSSR count). The molecule has 0 spiro atoms. The molecule has 4 heterocycles. The lowest BCUT2D eigenvalue weighted by Gasteiger charge is -2.35. The van der Waals surface area contributed by atoms with Crippen LogP contribution in [0.25, 0.3) is 22.3 Å². The third-order valence-corrected chi connectivity index (χ3v) is 6.20. The second-order valence-corrected chi connectivity index (χ2v) is 8.29. The van der Waals surface area contributed by atoms with Crippen molar-refractivity contribution < 1.29 is 0 Å². The van der Waals surface area contributed by atoms with Crippen LogP contribution in [0, 0.1) is 11.3 Å². The van der Waals surface area contributed by atoms with E-state index in [1.54, 1.807) is 23.4 Å². The Labute approximate surface area is 190 Å². The zero-order valence-corrected chi connectivity index (χ0v) is 18.4. The van der Waals surface area contributed by atoms with Gasteiger partial charge in [-0.05, 0) is 12.8 Å². The Morgan fingerprint density at radius 3 is 2.55 bits per heavy atom. The Hall–Kier alpha value is -4.26. The van der Waals surface area contributed by atoms with Gasteiger partial charge in [0, 0.05) is 67.6 Å². The van der Waals surface area contributed by atoms with Crippen molar-refractivity contribution in [1.82, 2.24) is 34.7 Å². The topological polar surface area (TPSA) is 121 Å². The van der Waals surface area contributed by atoms with Gasteiger partial charge in [-0.15, -0.1) is 10.2 Å². The maximum absolute atomic E-state index is 12.0. The van der Waals surface area contributed by atoms with Crippen LogP contribution in [0.1, 0.15) is 30.1 Å². The van der Waals surface area contributed by atoms with Crippen molar-refractivity contribution >= 4 is 5.69 Å². The van der Waals surface area contributed by atoms with Crippen LogP contribution in [0.5, 0.6) is 0 Å². The first-order chi connectivity index (χ1) is 16.0. The van der Waals surface area contributed by atoms with E-state index in [9.17, 15) is 10.1 Å². The number of hydrogen-bond donors (Lipinski definition) is 1. The van der Waals surface area contributed by atoms with E-state index in [1.807, 2.05) is 37.0 Å². The Morgan fingerprint density at radius 1 is 1.12 bits per heavy atom. The summed E-state index contributed by atoms with van der Waals surface area (Å²) in [6.07, 6.45) is 8.79. The van der Waals surface area contributed by atoms with E-state index < -0.39 is 0 Å². The number of nitriles is 1. The first kappa shape index (κ1) is 20.6. The van der Waals surface area contributed by atoms with E-state index in [0.717, 1.165) is 54.1 Å². The van der Waals surface area contributed by atoms with Crippen LogP contribution in [-0.4, -0.2) is 47.8 Å². The molecule has 1 N–H and O–H groups in total. The van der Waals surface area contributed by atoms with Gasteiger partial charge in [0.25, 0.3) is 5.56 Å². The molecule has 1 saturated heterocycles. The first-order valence-electron chi connectivity index (χ1n) is 10.7. The minimum absolute atomic E-state index is 0.283. The van der Waals surface area contributed by atoms with Gasteiger partial charge in [0.05, 0.1) is 23.6 Å². The Kier molecular flexibility index (Phi) is 5.22. The van der Waals surface area contributed by atoms with E-state index in [-0.39, 0.29) is 5.56 Å². The fourth-order valence-electron chi connectivity index (χ4n) is 4.61. The number of aryl methyl sites for hydroxylation is 2. The summed E-state index contributed by atoms with van der Waals surface area (Å²) < 4.78 is 3.69. The normalized spacial score (nSPS) is 14.4. The quantitative estimate of drug-likeness (QED) is 0.515. The molecule has 3 aromatic heterocycles. The number of nitrogens with one attached hydrogen (secondary N) is 1. The number of H-pyrrole nitrogens is 1. The minimum atomic E-state index is -0.283. The number of rotatable bonds is 4. The van der Waals surface area contributed by atoms with Gasteiger partial charge in [-0.3, -0.25) is 9.48 Å². The van der Waals surface area contributed by atoms with E-state index >= 15 is 0 Å². The molecule has 0 unspecified atom stereocenters. The van der Waals surface area contributed by atoms with Gasteiger partial charge in [0.1, 0.15) is 18.2 Å². The van der Waals surface area contributed by atoms with Crippen molar-refractivity contribution in [1.29, 1.82) is 5.26 Å². The molecule has 1 fully saturated rings. The maximum atomic E-state index is 12.0. The van der Waals surface area contributed by atoms with Gasteiger partial charge in [-0.25, -0.2) is 5.10 Å². The van der Waals surface area contributed by atoms with Crippen LogP contribution in [0.4, 0.5) is 5.69 Å². The van der Waals surface area contributed by atoms with Crippen LogP contribution in [0.2, 0.25) is 0 Å². The summed E-state index contributed by atoms with van der Waals surface area (Å²) in [5.74, 6) is 1.30. The molecule has 1 aliphatic heterocycles. The van der Waals surface area contributed by atoms with Gasteiger partial charge in [0.2, 0.25) is 0 Å². The lowest BCUT2D eigenvalue weighted by molar-refractivity contribution is 0.474. The van der Waals surface area contributed by atoms with Gasteiger partial charge >= 0.3 is 0 Å². The lowest BCUT2D eigenvalue weighted by atomic mass is 9.91. The zero-order valence-electron chi connectivity index (χ0n) is 18.4. The summed E-state index contributed by atoms with van der Waals surface area (Å²) in [5.41, 5.74) is 4.29. The predicted molar refractivity (Wildman–Crippen MR) is 122 cm³/mol. The highest BCUT2D eigenvalue weighted by Gasteiger charge is 2.28. The predicted octanol–water partition coefficient (Wildman–Crippen LogP) is 2.22. The molecule has 0 saturated carbocycles. The first-order valence-corrected chi connectivity index (χ1v) is 10.7. The molecular weight excluding hydrogens is 418 g/mol. The summed E-state index contributed by atoms with van der Waals surface area (Å²) in [6.45, 7) is 1.51. The molecule has 33 heavy (non-hydrogen) atoms. The van der Waals surface area contributed by atoms with Crippen molar-refractivity contribution in [3.8, 4) is 28.3 Å². The standard InChI is InChI=1S/C23H23N9O/c1-30-14-26-29-23(30)15-5-7-32(8-6-15)22-19(16-9-21(33)28-25-11-16)4-3-18(20(22)10-24)17-12-27-31(2)13-17/h3-4,9,11-15H,5-8H2,1-2H3,(H,28,33). The Bertz CT molecular complexity index is 1400. The monoisotopic (exact) mass is 441 g/mol. The lowest BCUT2D eigenvalue weighted by Crippen LogP contribution is -2.34. The smallest absolute Gasteiger partial charge is 0.264 e. The summed E-state index contributed by atoms with van der Waals surface area (Å²) in [7, 11) is 3.81. The van der Waals surface area contributed by atoms with Crippen molar-refractivity contribution in [2.75, 3.05) is 18.0 Å². The molecule has 0 atom stereocenters. The Balaban J connectivity index is 1.60. The highest BCUT2D eigenvalue weighted by Crippen LogP contribution is 2.41. The number of nitrogens with zero attached hydrogens (tertiary/aromatic N) is 8. The fraction of sp³-hybridized carbons (Fsp3) is 0.304. The summed E-state index contributed by atoms with van der Waals surface area (Å²) in [4.78, 5) is 14.2. The molecule has 0 radical (unpaired) electrons. The molecule has 0 aliphatic carbocycles. The van der Waals surface area contributed by atoms with Crippen molar-refractivity contribution in [3.05, 3.63) is 64.9 Å². The number of aromatic nitrogens is 7. The summed E-state index contributed by atoms with van der Waals surface area (Å²) in [5, 5.41) is 29.2. The largest absolute Gasteiger partial charge is 0.370 e. The van der Waals surface area contributed by atoms with Gasteiger partial charge in [-0.2, -0.15) is 15.5 Å². The highest BCUT2D eigenvalue weighted by atomic mass is 16.1.